The number of nitrogens with one attached hydrogen (secondary N) is 1. The van der Waals surface area contributed by atoms with Crippen molar-refractivity contribution in [1.82, 2.24) is 5.32 Å². The number of thioether (sulfide) groups is 1. The van der Waals surface area contributed by atoms with Crippen LogP contribution < -0.4 is 10.1 Å². The number of ether oxygens (including phenoxy) is 1. The number of methoxy groups -OCH3 is 1. The minimum Gasteiger partial charge on any atom is -0.496 e. The Morgan fingerprint density at radius 1 is 1.38 bits per heavy atom. The van der Waals surface area contributed by atoms with Gasteiger partial charge in [-0.3, -0.25) is 0 Å². The molecule has 1 N–H and O–H groups in total. The second kappa shape index (κ2) is 7.58. The Kier molecular flexibility index (Phi) is 6.34. The molecule has 0 heterocycles. The van der Waals surface area contributed by atoms with Gasteiger partial charge in [-0.1, -0.05) is 18.2 Å². The fraction of sp³-hybridized carbons (Fsp3) is 0.538. The fourth-order valence-electron chi connectivity index (χ4n) is 1.75. The molecule has 0 aromatic heterocycles. The molecule has 0 aliphatic rings. The predicted octanol–water partition coefficient (Wildman–Crippen LogP) is 2.58. The average Bonchev–Trinajstić information content (AvgIpc) is 2.34. The van der Waals surface area contributed by atoms with Crippen molar-refractivity contribution in [2.45, 2.75) is 18.9 Å². The van der Waals surface area contributed by atoms with Crippen LogP contribution in [0.15, 0.2) is 24.3 Å². The van der Waals surface area contributed by atoms with Crippen LogP contribution in [0.2, 0.25) is 0 Å². The summed E-state index contributed by atoms with van der Waals surface area (Å²) in [6.07, 6.45) is 4.37. The van der Waals surface area contributed by atoms with E-state index in [1.54, 1.807) is 7.11 Å². The Labute approximate surface area is 103 Å². The van der Waals surface area contributed by atoms with Crippen LogP contribution >= 0.6 is 11.8 Å². The molecule has 1 unspecified atom stereocenters. The topological polar surface area (TPSA) is 21.3 Å². The summed E-state index contributed by atoms with van der Waals surface area (Å²) in [5.41, 5.74) is 1.28. The van der Waals surface area contributed by atoms with E-state index in [9.17, 15) is 0 Å². The van der Waals surface area contributed by atoms with Crippen molar-refractivity contribution in [3.63, 3.8) is 0 Å². The number of para-hydroxylation sites is 1. The summed E-state index contributed by atoms with van der Waals surface area (Å²) in [5.74, 6) is 2.19. The van der Waals surface area contributed by atoms with Crippen LogP contribution in [0, 0.1) is 0 Å². The summed E-state index contributed by atoms with van der Waals surface area (Å²) in [6.45, 7) is 0. The van der Waals surface area contributed by atoms with Gasteiger partial charge >= 0.3 is 0 Å². The molecule has 0 saturated heterocycles. The standard InChI is InChI=1S/C13H21NOS/c1-14-12(8-9-16-3)10-11-6-4-5-7-13(11)15-2/h4-7,12,14H,8-10H2,1-3H3. The molecule has 0 aliphatic carbocycles. The van der Waals surface area contributed by atoms with Crippen LogP contribution in [0.1, 0.15) is 12.0 Å². The van der Waals surface area contributed by atoms with E-state index in [1.807, 2.05) is 30.9 Å². The monoisotopic (exact) mass is 239 g/mol. The highest BCUT2D eigenvalue weighted by Gasteiger charge is 2.09. The quantitative estimate of drug-likeness (QED) is 0.790. The van der Waals surface area contributed by atoms with Crippen LogP contribution in [0.3, 0.4) is 0 Å². The predicted molar refractivity (Wildman–Crippen MR) is 72.5 cm³/mol. The lowest BCUT2D eigenvalue weighted by Gasteiger charge is -2.17. The maximum Gasteiger partial charge on any atom is 0.122 e. The SMILES string of the molecule is CNC(CCSC)Cc1ccccc1OC. The average molecular weight is 239 g/mol. The maximum absolute atomic E-state index is 5.36. The van der Waals surface area contributed by atoms with Gasteiger partial charge in [0.25, 0.3) is 0 Å². The molecule has 0 fully saturated rings. The van der Waals surface area contributed by atoms with Crippen molar-refractivity contribution in [3.05, 3.63) is 29.8 Å². The van der Waals surface area contributed by atoms with Gasteiger partial charge in [-0.05, 0) is 43.5 Å². The molecule has 1 aromatic rings. The molecule has 1 rings (SSSR count). The van der Waals surface area contributed by atoms with E-state index in [4.69, 9.17) is 4.74 Å². The van der Waals surface area contributed by atoms with Gasteiger partial charge in [0.05, 0.1) is 7.11 Å². The smallest absolute Gasteiger partial charge is 0.122 e. The highest BCUT2D eigenvalue weighted by molar-refractivity contribution is 7.98. The first-order valence-corrected chi connectivity index (χ1v) is 6.99. The largest absolute Gasteiger partial charge is 0.496 e. The molecular weight excluding hydrogens is 218 g/mol. The summed E-state index contributed by atoms with van der Waals surface area (Å²) >= 11 is 1.89. The van der Waals surface area contributed by atoms with Crippen molar-refractivity contribution >= 4 is 11.8 Å². The Morgan fingerprint density at radius 2 is 2.12 bits per heavy atom. The lowest BCUT2D eigenvalue weighted by atomic mass is 10.0. The van der Waals surface area contributed by atoms with Gasteiger partial charge in [-0.25, -0.2) is 0 Å². The number of rotatable bonds is 7. The van der Waals surface area contributed by atoms with Crippen molar-refractivity contribution in [2.24, 2.45) is 0 Å². The lowest BCUT2D eigenvalue weighted by molar-refractivity contribution is 0.405. The number of hydrogen-bond donors (Lipinski definition) is 1. The number of likely N-dealkylation sites (N-methyl/N-ethyl adjacent to an activating group) is 1. The van der Waals surface area contributed by atoms with Gasteiger partial charge in [0.2, 0.25) is 0 Å². The first kappa shape index (κ1) is 13.4. The third-order valence-electron chi connectivity index (χ3n) is 2.74. The molecule has 0 radical (unpaired) electrons. The number of hydrogen-bond acceptors (Lipinski definition) is 3. The maximum atomic E-state index is 5.36. The van der Waals surface area contributed by atoms with Crippen LogP contribution in [-0.2, 0) is 6.42 Å². The molecule has 0 amide bonds. The minimum atomic E-state index is 0.531. The van der Waals surface area contributed by atoms with Crippen molar-refractivity contribution < 1.29 is 4.74 Å². The van der Waals surface area contributed by atoms with E-state index >= 15 is 0 Å². The molecule has 3 heteroatoms. The summed E-state index contributed by atoms with van der Waals surface area (Å²) < 4.78 is 5.36. The molecule has 0 aliphatic heterocycles. The summed E-state index contributed by atoms with van der Waals surface area (Å²) in [5, 5.41) is 3.37. The van der Waals surface area contributed by atoms with Crippen LogP contribution in [0.4, 0.5) is 0 Å². The highest BCUT2D eigenvalue weighted by atomic mass is 32.2. The first-order valence-electron chi connectivity index (χ1n) is 5.60. The Hall–Kier alpha value is -0.670. The molecule has 0 saturated carbocycles. The second-order valence-electron chi connectivity index (χ2n) is 3.78. The molecule has 1 atom stereocenters. The lowest BCUT2D eigenvalue weighted by Crippen LogP contribution is -2.28. The van der Waals surface area contributed by atoms with Gasteiger partial charge < -0.3 is 10.1 Å². The van der Waals surface area contributed by atoms with Crippen LogP contribution in [0.5, 0.6) is 5.75 Å². The zero-order valence-electron chi connectivity index (χ0n) is 10.3. The van der Waals surface area contributed by atoms with E-state index in [0.29, 0.717) is 6.04 Å². The fourth-order valence-corrected chi connectivity index (χ4v) is 2.27. The van der Waals surface area contributed by atoms with Gasteiger partial charge in [-0.15, -0.1) is 0 Å². The van der Waals surface area contributed by atoms with Crippen molar-refractivity contribution in [2.75, 3.05) is 26.2 Å². The second-order valence-corrected chi connectivity index (χ2v) is 4.77. The van der Waals surface area contributed by atoms with Gasteiger partial charge in [0.1, 0.15) is 5.75 Å². The van der Waals surface area contributed by atoms with Crippen LogP contribution in [-0.4, -0.2) is 32.2 Å². The summed E-state index contributed by atoms with van der Waals surface area (Å²) in [7, 11) is 3.76. The van der Waals surface area contributed by atoms with Crippen molar-refractivity contribution in [1.29, 1.82) is 0 Å². The summed E-state index contributed by atoms with van der Waals surface area (Å²) in [6, 6.07) is 8.78. The molecule has 0 spiro atoms. The first-order chi connectivity index (χ1) is 7.81. The normalized spacial score (nSPS) is 12.4. The third kappa shape index (κ3) is 4.06. The summed E-state index contributed by atoms with van der Waals surface area (Å²) in [4.78, 5) is 0. The molecule has 2 nitrogen and oxygen atoms in total. The zero-order chi connectivity index (χ0) is 11.8. The third-order valence-corrected chi connectivity index (χ3v) is 3.38. The van der Waals surface area contributed by atoms with Gasteiger partial charge in [-0.2, -0.15) is 11.8 Å². The van der Waals surface area contributed by atoms with Crippen molar-refractivity contribution in [3.8, 4) is 5.75 Å². The van der Waals surface area contributed by atoms with E-state index in [2.05, 4.69) is 23.7 Å². The molecule has 16 heavy (non-hydrogen) atoms. The highest BCUT2D eigenvalue weighted by Crippen LogP contribution is 2.19. The Morgan fingerprint density at radius 3 is 2.75 bits per heavy atom. The zero-order valence-corrected chi connectivity index (χ0v) is 11.1. The minimum absolute atomic E-state index is 0.531. The van der Waals surface area contributed by atoms with E-state index < -0.39 is 0 Å². The van der Waals surface area contributed by atoms with Gasteiger partial charge in [0.15, 0.2) is 0 Å². The van der Waals surface area contributed by atoms with E-state index in [0.717, 1.165) is 12.2 Å². The Balaban J connectivity index is 2.62. The van der Waals surface area contributed by atoms with Crippen LogP contribution in [0.25, 0.3) is 0 Å². The molecule has 0 bridgehead atoms. The van der Waals surface area contributed by atoms with Gasteiger partial charge in [0, 0.05) is 6.04 Å². The molecule has 90 valence electrons. The molecule has 1 aromatic carbocycles. The van der Waals surface area contributed by atoms with E-state index in [1.165, 1.54) is 17.7 Å². The Bertz CT molecular complexity index is 304. The van der Waals surface area contributed by atoms with E-state index in [-0.39, 0.29) is 0 Å². The number of benzene rings is 1. The molecular formula is C13H21NOS.